The molecule has 21 heavy (non-hydrogen) atoms. The molecule has 2 aromatic rings. The van der Waals surface area contributed by atoms with Gasteiger partial charge in [0, 0.05) is 23.6 Å². The van der Waals surface area contributed by atoms with E-state index in [1.807, 2.05) is 36.0 Å². The Morgan fingerprint density at radius 1 is 1.14 bits per heavy atom. The van der Waals surface area contributed by atoms with Crippen molar-refractivity contribution in [2.45, 2.75) is 31.6 Å². The van der Waals surface area contributed by atoms with Crippen LogP contribution in [0.15, 0.2) is 24.3 Å². The SMILES string of the molecule is Cn1nc(C2C3CCCCC32)c(-c2ccc(Cl)cc2)c1N. The molecule has 0 bridgehead atoms. The molecule has 0 spiro atoms. The first kappa shape index (κ1) is 13.2. The number of halogens is 1. The molecule has 1 aromatic heterocycles. The van der Waals surface area contributed by atoms with E-state index in [0.717, 1.165) is 33.8 Å². The van der Waals surface area contributed by atoms with Crippen molar-refractivity contribution >= 4 is 17.4 Å². The summed E-state index contributed by atoms with van der Waals surface area (Å²) in [6, 6.07) is 7.94. The largest absolute Gasteiger partial charge is 0.383 e. The quantitative estimate of drug-likeness (QED) is 0.902. The van der Waals surface area contributed by atoms with E-state index in [1.54, 1.807) is 0 Å². The zero-order valence-corrected chi connectivity index (χ0v) is 13.0. The number of nitrogen functional groups attached to an aromatic ring is 1. The monoisotopic (exact) mass is 301 g/mol. The Bertz CT molecular complexity index is 662. The molecule has 1 aromatic carbocycles. The molecule has 2 aliphatic carbocycles. The summed E-state index contributed by atoms with van der Waals surface area (Å²) in [5.41, 5.74) is 9.75. The summed E-state index contributed by atoms with van der Waals surface area (Å²) >= 11 is 6.01. The van der Waals surface area contributed by atoms with Gasteiger partial charge >= 0.3 is 0 Å². The van der Waals surface area contributed by atoms with Gasteiger partial charge in [0.15, 0.2) is 0 Å². The number of nitrogens with two attached hydrogens (primary N) is 1. The van der Waals surface area contributed by atoms with Crippen molar-refractivity contribution in [2.75, 3.05) is 5.73 Å². The highest BCUT2D eigenvalue weighted by Gasteiger charge is 2.53. The number of nitrogens with zero attached hydrogens (tertiary/aromatic N) is 2. The molecule has 110 valence electrons. The number of anilines is 1. The van der Waals surface area contributed by atoms with Gasteiger partial charge in [-0.2, -0.15) is 5.10 Å². The van der Waals surface area contributed by atoms with Gasteiger partial charge in [-0.15, -0.1) is 0 Å². The summed E-state index contributed by atoms with van der Waals surface area (Å²) in [4.78, 5) is 0. The van der Waals surface area contributed by atoms with Gasteiger partial charge in [0.05, 0.1) is 5.69 Å². The summed E-state index contributed by atoms with van der Waals surface area (Å²) in [5, 5.41) is 5.51. The Morgan fingerprint density at radius 3 is 2.38 bits per heavy atom. The van der Waals surface area contributed by atoms with Gasteiger partial charge in [0.2, 0.25) is 0 Å². The predicted octanol–water partition coefficient (Wildman–Crippen LogP) is 4.23. The smallest absolute Gasteiger partial charge is 0.129 e. The first-order valence-electron chi connectivity index (χ1n) is 7.75. The molecule has 3 nitrogen and oxygen atoms in total. The van der Waals surface area contributed by atoms with Crippen LogP contribution in [0, 0.1) is 11.8 Å². The number of hydrogen-bond donors (Lipinski definition) is 1. The van der Waals surface area contributed by atoms with Crippen molar-refractivity contribution in [3.63, 3.8) is 0 Å². The number of rotatable bonds is 2. The summed E-state index contributed by atoms with van der Waals surface area (Å²) in [5.74, 6) is 3.04. The van der Waals surface area contributed by atoms with Crippen LogP contribution in [0.4, 0.5) is 5.82 Å². The molecule has 0 aliphatic heterocycles. The van der Waals surface area contributed by atoms with Gasteiger partial charge in [-0.25, -0.2) is 0 Å². The van der Waals surface area contributed by atoms with Gasteiger partial charge in [-0.05, 0) is 42.4 Å². The Balaban J connectivity index is 1.78. The van der Waals surface area contributed by atoms with E-state index >= 15 is 0 Å². The second-order valence-corrected chi connectivity index (χ2v) is 6.85. The van der Waals surface area contributed by atoms with E-state index in [9.17, 15) is 0 Å². The van der Waals surface area contributed by atoms with Crippen LogP contribution in [-0.4, -0.2) is 9.78 Å². The highest BCUT2D eigenvalue weighted by molar-refractivity contribution is 6.30. The third kappa shape index (κ3) is 2.06. The van der Waals surface area contributed by atoms with E-state index in [-0.39, 0.29) is 0 Å². The van der Waals surface area contributed by atoms with Crippen LogP contribution in [0.25, 0.3) is 11.1 Å². The van der Waals surface area contributed by atoms with Crippen molar-refractivity contribution in [1.82, 2.24) is 9.78 Å². The lowest BCUT2D eigenvalue weighted by Crippen LogP contribution is -1.97. The molecule has 2 atom stereocenters. The van der Waals surface area contributed by atoms with E-state index in [4.69, 9.17) is 22.4 Å². The highest BCUT2D eigenvalue weighted by atomic mass is 35.5. The van der Waals surface area contributed by atoms with Crippen LogP contribution < -0.4 is 5.73 Å². The van der Waals surface area contributed by atoms with Crippen LogP contribution in [0.1, 0.15) is 37.3 Å². The summed E-state index contributed by atoms with van der Waals surface area (Å²) in [6.07, 6.45) is 5.45. The molecule has 0 saturated heterocycles. The zero-order valence-electron chi connectivity index (χ0n) is 12.2. The minimum atomic E-state index is 0.613. The number of aromatic nitrogens is 2. The lowest BCUT2D eigenvalue weighted by molar-refractivity contribution is 0.480. The average Bonchev–Trinajstić information content (AvgIpc) is 3.15. The summed E-state index contributed by atoms with van der Waals surface area (Å²) < 4.78 is 1.82. The van der Waals surface area contributed by atoms with Gasteiger partial charge in [0.25, 0.3) is 0 Å². The van der Waals surface area contributed by atoms with Crippen molar-refractivity contribution in [1.29, 1.82) is 0 Å². The summed E-state index contributed by atoms with van der Waals surface area (Å²) in [6.45, 7) is 0. The molecular formula is C17H20ClN3. The highest BCUT2D eigenvalue weighted by Crippen LogP contribution is 2.62. The van der Waals surface area contributed by atoms with Crippen molar-refractivity contribution < 1.29 is 0 Å². The average molecular weight is 302 g/mol. The lowest BCUT2D eigenvalue weighted by atomic mass is 10.0. The fourth-order valence-corrected chi connectivity index (χ4v) is 4.23. The molecule has 2 N–H and O–H groups in total. The molecule has 2 saturated carbocycles. The standard InChI is InChI=1S/C17H20ClN3/c1-21-17(19)14(10-6-8-11(18)9-7-10)16(20-21)15-12-4-2-3-5-13(12)15/h6-9,12-13,15H,2-5,19H2,1H3. The fourth-order valence-electron chi connectivity index (χ4n) is 4.10. The second kappa shape index (κ2) is 4.77. The van der Waals surface area contributed by atoms with Gasteiger partial charge < -0.3 is 5.73 Å². The maximum atomic E-state index is 6.30. The summed E-state index contributed by atoms with van der Waals surface area (Å²) in [7, 11) is 1.93. The molecular weight excluding hydrogens is 282 g/mol. The van der Waals surface area contributed by atoms with Crippen molar-refractivity contribution in [3.05, 3.63) is 35.0 Å². The van der Waals surface area contributed by atoms with Crippen LogP contribution >= 0.6 is 11.6 Å². The van der Waals surface area contributed by atoms with Crippen molar-refractivity contribution in [3.8, 4) is 11.1 Å². The lowest BCUT2D eigenvalue weighted by Gasteiger charge is -2.04. The number of benzene rings is 1. The molecule has 0 amide bonds. The fraction of sp³-hybridized carbons (Fsp3) is 0.471. The van der Waals surface area contributed by atoms with Crippen LogP contribution in [-0.2, 0) is 7.05 Å². The van der Waals surface area contributed by atoms with Crippen LogP contribution in [0.3, 0.4) is 0 Å². The van der Waals surface area contributed by atoms with Crippen molar-refractivity contribution in [2.24, 2.45) is 18.9 Å². The van der Waals surface area contributed by atoms with Crippen LogP contribution in [0.5, 0.6) is 0 Å². The third-order valence-corrected chi connectivity index (χ3v) is 5.48. The first-order valence-corrected chi connectivity index (χ1v) is 8.13. The van der Waals surface area contributed by atoms with E-state index in [1.165, 1.54) is 31.4 Å². The Morgan fingerprint density at radius 2 is 1.76 bits per heavy atom. The molecule has 1 heterocycles. The van der Waals surface area contributed by atoms with E-state index in [0.29, 0.717) is 5.92 Å². The predicted molar refractivity (Wildman–Crippen MR) is 86.3 cm³/mol. The molecule has 2 unspecified atom stereocenters. The third-order valence-electron chi connectivity index (χ3n) is 5.22. The maximum absolute atomic E-state index is 6.30. The topological polar surface area (TPSA) is 43.8 Å². The molecule has 0 radical (unpaired) electrons. The Labute approximate surface area is 130 Å². The van der Waals surface area contributed by atoms with E-state index < -0.39 is 0 Å². The number of aryl methyl sites for hydroxylation is 1. The van der Waals surface area contributed by atoms with Gasteiger partial charge in [-0.3, -0.25) is 4.68 Å². The molecule has 2 fully saturated rings. The first-order chi connectivity index (χ1) is 10.2. The Kier molecular flexibility index (Phi) is 3.00. The normalized spacial score (nSPS) is 27.4. The van der Waals surface area contributed by atoms with Gasteiger partial charge in [-0.1, -0.05) is 36.6 Å². The maximum Gasteiger partial charge on any atom is 0.129 e. The van der Waals surface area contributed by atoms with E-state index in [2.05, 4.69) is 0 Å². The minimum Gasteiger partial charge on any atom is -0.383 e. The van der Waals surface area contributed by atoms with Crippen LogP contribution in [0.2, 0.25) is 5.02 Å². The minimum absolute atomic E-state index is 0.613. The zero-order chi connectivity index (χ0) is 14.6. The second-order valence-electron chi connectivity index (χ2n) is 6.41. The molecule has 4 rings (SSSR count). The van der Waals surface area contributed by atoms with Gasteiger partial charge in [0.1, 0.15) is 5.82 Å². The number of hydrogen-bond acceptors (Lipinski definition) is 2. The molecule has 4 heteroatoms. The number of fused-ring (bicyclic) bond motifs is 1. The Hall–Kier alpha value is -1.48. The molecule has 2 aliphatic rings.